The molecule has 1 amide bonds. The van der Waals surface area contributed by atoms with E-state index in [0.717, 1.165) is 49.3 Å². The van der Waals surface area contributed by atoms with E-state index in [9.17, 15) is 4.79 Å². The van der Waals surface area contributed by atoms with Crippen LogP contribution < -0.4 is 5.32 Å². The number of hydrogen-bond acceptors (Lipinski definition) is 4. The van der Waals surface area contributed by atoms with Gasteiger partial charge in [0.1, 0.15) is 6.33 Å². The van der Waals surface area contributed by atoms with E-state index in [-0.39, 0.29) is 5.91 Å². The maximum absolute atomic E-state index is 12.6. The Morgan fingerprint density at radius 2 is 1.96 bits per heavy atom. The second-order valence-electron chi connectivity index (χ2n) is 6.25. The lowest BCUT2D eigenvalue weighted by Crippen LogP contribution is -2.46. The molecule has 118 valence electrons. The Balaban J connectivity index is 1.53. The third-order valence-electron chi connectivity index (χ3n) is 4.91. The number of carbonyl (C=O) groups excluding carboxylic acids is 1. The molecule has 1 fully saturated rings. The molecule has 0 radical (unpaired) electrons. The number of halogens is 1. The second kappa shape index (κ2) is 5.58. The molecule has 0 aliphatic carbocycles. The minimum absolute atomic E-state index is 0.109. The van der Waals surface area contributed by atoms with Crippen LogP contribution in [-0.2, 0) is 16.8 Å². The van der Waals surface area contributed by atoms with Gasteiger partial charge in [0.05, 0.1) is 5.41 Å². The number of amides is 1. The summed E-state index contributed by atoms with van der Waals surface area (Å²) < 4.78 is 0. The summed E-state index contributed by atoms with van der Waals surface area (Å²) in [5.74, 6) is 0.109. The van der Waals surface area contributed by atoms with Crippen LogP contribution in [0.3, 0.4) is 0 Å². The predicted octanol–water partition coefficient (Wildman–Crippen LogP) is 2.62. The monoisotopic (exact) mass is 328 g/mol. The van der Waals surface area contributed by atoms with Gasteiger partial charge in [-0.2, -0.15) is 0 Å². The Kier molecular flexibility index (Phi) is 3.54. The number of hydrogen-bond donors (Lipinski definition) is 1. The normalized spacial score (nSPS) is 19.6. The predicted molar refractivity (Wildman–Crippen MR) is 88.3 cm³/mol. The lowest BCUT2D eigenvalue weighted by molar-refractivity contribution is -0.122. The highest BCUT2D eigenvalue weighted by Gasteiger charge is 2.48. The molecule has 23 heavy (non-hydrogen) atoms. The van der Waals surface area contributed by atoms with Crippen LogP contribution in [0.15, 0.2) is 36.9 Å². The van der Waals surface area contributed by atoms with Crippen LogP contribution in [0.5, 0.6) is 0 Å². The Morgan fingerprint density at radius 1 is 1.22 bits per heavy atom. The summed E-state index contributed by atoms with van der Waals surface area (Å²) in [5.41, 5.74) is 2.63. The highest BCUT2D eigenvalue weighted by Crippen LogP contribution is 2.45. The number of benzene rings is 1. The van der Waals surface area contributed by atoms with Crippen LogP contribution in [0.4, 0.5) is 5.69 Å². The number of fused-ring (bicyclic) bond motifs is 2. The van der Waals surface area contributed by atoms with Crippen LogP contribution in [0.2, 0.25) is 5.02 Å². The van der Waals surface area contributed by atoms with Crippen molar-refractivity contribution in [3.05, 3.63) is 53.1 Å². The average molecular weight is 329 g/mol. The summed E-state index contributed by atoms with van der Waals surface area (Å²) >= 11 is 6.15. The minimum atomic E-state index is -0.427. The van der Waals surface area contributed by atoms with E-state index >= 15 is 0 Å². The molecule has 1 saturated heterocycles. The first-order valence-corrected chi connectivity index (χ1v) is 8.13. The van der Waals surface area contributed by atoms with Crippen molar-refractivity contribution in [2.45, 2.75) is 24.8 Å². The Bertz CT molecular complexity index is 742. The standard InChI is InChI=1S/C17H17ClN4O/c18-13-1-2-15-14(7-13)17(16(23)21-15)3-5-22(6-4-17)10-12-8-19-11-20-9-12/h1-2,7-9,11H,3-6,10H2,(H,21,23). The van der Waals surface area contributed by atoms with Gasteiger partial charge in [-0.1, -0.05) is 11.6 Å². The minimum Gasteiger partial charge on any atom is -0.325 e. The average Bonchev–Trinajstić information content (AvgIpc) is 2.83. The molecule has 1 spiro atoms. The molecular formula is C17H17ClN4O. The van der Waals surface area contributed by atoms with E-state index in [1.807, 2.05) is 30.6 Å². The van der Waals surface area contributed by atoms with Gasteiger partial charge in [0, 0.05) is 35.2 Å². The first-order valence-electron chi connectivity index (χ1n) is 7.75. The molecule has 1 aromatic heterocycles. The molecule has 1 N–H and O–H groups in total. The molecule has 0 bridgehead atoms. The number of aromatic nitrogens is 2. The van der Waals surface area contributed by atoms with Crippen molar-refractivity contribution >= 4 is 23.2 Å². The molecule has 2 aromatic rings. The number of nitrogens with zero attached hydrogens (tertiary/aromatic N) is 3. The Morgan fingerprint density at radius 3 is 2.70 bits per heavy atom. The summed E-state index contributed by atoms with van der Waals surface area (Å²) in [6.07, 6.45) is 6.83. The van der Waals surface area contributed by atoms with Gasteiger partial charge in [0.25, 0.3) is 0 Å². The van der Waals surface area contributed by atoms with Crippen molar-refractivity contribution in [1.29, 1.82) is 0 Å². The van der Waals surface area contributed by atoms with Crippen molar-refractivity contribution in [2.24, 2.45) is 0 Å². The number of likely N-dealkylation sites (tertiary alicyclic amines) is 1. The maximum Gasteiger partial charge on any atom is 0.235 e. The van der Waals surface area contributed by atoms with E-state index < -0.39 is 5.41 Å². The fraction of sp³-hybridized carbons (Fsp3) is 0.353. The van der Waals surface area contributed by atoms with Crippen LogP contribution in [0.25, 0.3) is 0 Å². The third-order valence-corrected chi connectivity index (χ3v) is 5.14. The molecule has 2 aliphatic rings. The molecule has 0 saturated carbocycles. The Labute approximate surface area is 139 Å². The van der Waals surface area contributed by atoms with E-state index in [2.05, 4.69) is 20.2 Å². The van der Waals surface area contributed by atoms with Gasteiger partial charge in [-0.05, 0) is 49.7 Å². The first kappa shape index (κ1) is 14.6. The van der Waals surface area contributed by atoms with Crippen molar-refractivity contribution < 1.29 is 4.79 Å². The second-order valence-corrected chi connectivity index (χ2v) is 6.69. The van der Waals surface area contributed by atoms with Gasteiger partial charge in [-0.3, -0.25) is 9.69 Å². The van der Waals surface area contributed by atoms with Crippen LogP contribution in [0.1, 0.15) is 24.0 Å². The summed E-state index contributed by atoms with van der Waals surface area (Å²) in [6.45, 7) is 2.56. The van der Waals surface area contributed by atoms with Gasteiger partial charge < -0.3 is 5.32 Å². The summed E-state index contributed by atoms with van der Waals surface area (Å²) in [7, 11) is 0. The zero-order valence-corrected chi connectivity index (χ0v) is 13.4. The number of piperidine rings is 1. The van der Waals surface area contributed by atoms with E-state index in [1.54, 1.807) is 0 Å². The summed E-state index contributed by atoms with van der Waals surface area (Å²) in [4.78, 5) is 23.1. The zero-order chi connectivity index (χ0) is 15.9. The fourth-order valence-electron chi connectivity index (χ4n) is 3.64. The number of nitrogens with one attached hydrogen (secondary N) is 1. The van der Waals surface area contributed by atoms with Crippen molar-refractivity contribution in [3.8, 4) is 0 Å². The lowest BCUT2D eigenvalue weighted by Gasteiger charge is -2.38. The molecule has 0 atom stereocenters. The molecule has 3 heterocycles. The number of anilines is 1. The molecular weight excluding hydrogens is 312 g/mol. The van der Waals surface area contributed by atoms with Gasteiger partial charge >= 0.3 is 0 Å². The van der Waals surface area contributed by atoms with E-state index in [4.69, 9.17) is 11.6 Å². The molecule has 1 aromatic carbocycles. The first-order chi connectivity index (χ1) is 11.2. The van der Waals surface area contributed by atoms with Crippen LogP contribution in [0, 0.1) is 0 Å². The van der Waals surface area contributed by atoms with Crippen LogP contribution in [-0.4, -0.2) is 33.9 Å². The molecule has 2 aliphatic heterocycles. The highest BCUT2D eigenvalue weighted by atomic mass is 35.5. The largest absolute Gasteiger partial charge is 0.325 e. The van der Waals surface area contributed by atoms with Gasteiger partial charge in [-0.15, -0.1) is 0 Å². The van der Waals surface area contributed by atoms with E-state index in [0.29, 0.717) is 5.02 Å². The summed E-state index contributed by atoms with van der Waals surface area (Å²) in [5, 5.41) is 3.70. The molecule has 0 unspecified atom stereocenters. The number of carbonyl (C=O) groups is 1. The van der Waals surface area contributed by atoms with Gasteiger partial charge in [0.2, 0.25) is 5.91 Å². The van der Waals surface area contributed by atoms with Gasteiger partial charge in [-0.25, -0.2) is 9.97 Å². The van der Waals surface area contributed by atoms with Gasteiger partial charge in [0.15, 0.2) is 0 Å². The van der Waals surface area contributed by atoms with E-state index in [1.165, 1.54) is 6.33 Å². The third kappa shape index (κ3) is 2.50. The quantitative estimate of drug-likeness (QED) is 0.920. The highest BCUT2D eigenvalue weighted by molar-refractivity contribution is 6.31. The zero-order valence-electron chi connectivity index (χ0n) is 12.6. The molecule has 6 heteroatoms. The van der Waals surface area contributed by atoms with Crippen molar-refractivity contribution in [2.75, 3.05) is 18.4 Å². The molecule has 4 rings (SSSR count). The van der Waals surface area contributed by atoms with Crippen molar-refractivity contribution in [1.82, 2.24) is 14.9 Å². The smallest absolute Gasteiger partial charge is 0.235 e. The van der Waals surface area contributed by atoms with Crippen LogP contribution >= 0.6 is 11.6 Å². The van der Waals surface area contributed by atoms with Crippen molar-refractivity contribution in [3.63, 3.8) is 0 Å². The Hall–Kier alpha value is -1.98. The maximum atomic E-state index is 12.6. The fourth-order valence-corrected chi connectivity index (χ4v) is 3.82. The summed E-state index contributed by atoms with van der Waals surface area (Å²) in [6, 6.07) is 5.66. The lowest BCUT2D eigenvalue weighted by atomic mass is 9.73. The number of rotatable bonds is 2. The topological polar surface area (TPSA) is 58.1 Å². The SMILES string of the molecule is O=C1Nc2ccc(Cl)cc2C12CCN(Cc1cncnc1)CC2. The molecule has 5 nitrogen and oxygen atoms in total.